The van der Waals surface area contributed by atoms with Gasteiger partial charge in [0.1, 0.15) is 0 Å². The van der Waals surface area contributed by atoms with Crippen molar-refractivity contribution >= 4 is 35.1 Å². The molecule has 0 N–H and O–H groups in total. The van der Waals surface area contributed by atoms with Crippen molar-refractivity contribution in [2.45, 2.75) is 37.4 Å². The highest BCUT2D eigenvalue weighted by Crippen LogP contribution is 2.38. The normalized spacial score (nSPS) is 21.9. The Kier molecular flexibility index (Phi) is 3.14. The third kappa shape index (κ3) is 2.13. The van der Waals surface area contributed by atoms with Crippen LogP contribution in [-0.2, 0) is 17.6 Å². The number of aromatic nitrogens is 1. The van der Waals surface area contributed by atoms with Crippen LogP contribution in [0.25, 0.3) is 10.9 Å². The number of amides is 1. The smallest absolute Gasteiger partial charge is 0.228 e. The van der Waals surface area contributed by atoms with E-state index in [9.17, 15) is 4.79 Å². The van der Waals surface area contributed by atoms with Crippen LogP contribution in [0.3, 0.4) is 0 Å². The molecule has 1 aliphatic heterocycles. The van der Waals surface area contributed by atoms with E-state index in [0.29, 0.717) is 13.0 Å². The van der Waals surface area contributed by atoms with Gasteiger partial charge < -0.3 is 4.90 Å². The van der Waals surface area contributed by atoms with E-state index in [2.05, 4.69) is 18.7 Å². The number of carbonyl (C=O) groups is 1. The maximum absolute atomic E-state index is 12.4. The highest BCUT2D eigenvalue weighted by atomic mass is 32.1. The van der Waals surface area contributed by atoms with E-state index >= 15 is 0 Å². The number of para-hydroxylation sites is 1. The SMILES string of the molecule is O=C1CC(S)CN1c1c2c(nc3ccccc13)CCCC2. The summed E-state index contributed by atoms with van der Waals surface area (Å²) < 4.78 is 0. The molecule has 2 aliphatic rings. The number of pyridine rings is 1. The lowest BCUT2D eigenvalue weighted by Crippen LogP contribution is -2.27. The van der Waals surface area contributed by atoms with Crippen LogP contribution in [0.15, 0.2) is 24.3 Å². The van der Waals surface area contributed by atoms with Crippen LogP contribution < -0.4 is 4.90 Å². The molecule has 1 aromatic heterocycles. The number of hydrogen-bond acceptors (Lipinski definition) is 3. The molecule has 0 saturated carbocycles. The van der Waals surface area contributed by atoms with E-state index in [-0.39, 0.29) is 11.2 Å². The quantitative estimate of drug-likeness (QED) is 0.821. The van der Waals surface area contributed by atoms with Gasteiger partial charge in [-0.2, -0.15) is 12.6 Å². The van der Waals surface area contributed by atoms with Gasteiger partial charge >= 0.3 is 0 Å². The molecule has 1 atom stereocenters. The molecule has 1 amide bonds. The van der Waals surface area contributed by atoms with E-state index in [0.717, 1.165) is 29.4 Å². The van der Waals surface area contributed by atoms with Crippen LogP contribution in [0.2, 0.25) is 0 Å². The molecule has 1 saturated heterocycles. The van der Waals surface area contributed by atoms with Crippen LogP contribution in [-0.4, -0.2) is 22.7 Å². The molecule has 0 radical (unpaired) electrons. The highest BCUT2D eigenvalue weighted by molar-refractivity contribution is 7.81. The van der Waals surface area contributed by atoms with Gasteiger partial charge in [-0.15, -0.1) is 0 Å². The highest BCUT2D eigenvalue weighted by Gasteiger charge is 2.32. The number of rotatable bonds is 1. The number of fused-ring (bicyclic) bond motifs is 2. The van der Waals surface area contributed by atoms with Crippen LogP contribution in [0.4, 0.5) is 5.69 Å². The first kappa shape index (κ1) is 13.1. The molecular weight excluding hydrogens is 280 g/mol. The second-order valence-corrected chi connectivity index (χ2v) is 6.70. The summed E-state index contributed by atoms with van der Waals surface area (Å²) in [5.74, 6) is 0.194. The van der Waals surface area contributed by atoms with Crippen molar-refractivity contribution in [3.05, 3.63) is 35.5 Å². The number of hydrogen-bond donors (Lipinski definition) is 1. The Labute approximate surface area is 129 Å². The van der Waals surface area contributed by atoms with Gasteiger partial charge in [0.2, 0.25) is 5.91 Å². The molecule has 2 aromatic rings. The first-order valence-corrected chi connectivity index (χ1v) is 8.14. The molecule has 1 unspecified atom stereocenters. The van der Waals surface area contributed by atoms with Gasteiger partial charge in [-0.3, -0.25) is 9.78 Å². The molecule has 21 heavy (non-hydrogen) atoms. The molecule has 0 spiro atoms. The standard InChI is InChI=1S/C17H18N2OS/c20-16-9-11(21)10-19(16)17-12-5-1-3-7-14(12)18-15-8-4-2-6-13(15)17/h1,3,5,7,11,21H,2,4,6,8-10H2. The van der Waals surface area contributed by atoms with Gasteiger partial charge in [-0.05, 0) is 37.3 Å². The van der Waals surface area contributed by atoms with Crippen molar-refractivity contribution in [2.24, 2.45) is 0 Å². The van der Waals surface area contributed by atoms with Crippen LogP contribution in [0.5, 0.6) is 0 Å². The largest absolute Gasteiger partial charge is 0.310 e. The van der Waals surface area contributed by atoms with Gasteiger partial charge in [0, 0.05) is 29.3 Å². The zero-order valence-corrected chi connectivity index (χ0v) is 12.8. The Balaban J connectivity index is 1.98. The van der Waals surface area contributed by atoms with Crippen molar-refractivity contribution in [3.8, 4) is 0 Å². The number of nitrogens with zero attached hydrogens (tertiary/aromatic N) is 2. The molecule has 1 aliphatic carbocycles. The van der Waals surface area contributed by atoms with E-state index in [1.165, 1.54) is 24.1 Å². The molecule has 0 bridgehead atoms. The number of anilines is 1. The minimum Gasteiger partial charge on any atom is -0.310 e. The van der Waals surface area contributed by atoms with Crippen molar-refractivity contribution in [2.75, 3.05) is 11.4 Å². The fraction of sp³-hybridized carbons (Fsp3) is 0.412. The predicted molar refractivity (Wildman–Crippen MR) is 88.1 cm³/mol. The number of thiol groups is 1. The maximum atomic E-state index is 12.4. The monoisotopic (exact) mass is 298 g/mol. The van der Waals surface area contributed by atoms with Crippen LogP contribution in [0.1, 0.15) is 30.5 Å². The minimum atomic E-state index is 0.142. The van der Waals surface area contributed by atoms with Gasteiger partial charge in [0.05, 0.1) is 11.2 Å². The summed E-state index contributed by atoms with van der Waals surface area (Å²) in [6, 6.07) is 8.18. The van der Waals surface area contributed by atoms with E-state index in [1.54, 1.807) is 0 Å². The average Bonchev–Trinajstić information content (AvgIpc) is 2.83. The van der Waals surface area contributed by atoms with Crippen molar-refractivity contribution < 1.29 is 4.79 Å². The molecule has 108 valence electrons. The van der Waals surface area contributed by atoms with Crippen LogP contribution >= 0.6 is 12.6 Å². The van der Waals surface area contributed by atoms with Crippen molar-refractivity contribution in [3.63, 3.8) is 0 Å². The lowest BCUT2D eigenvalue weighted by Gasteiger charge is -2.26. The summed E-state index contributed by atoms with van der Waals surface area (Å²) in [5, 5.41) is 1.25. The third-order valence-electron chi connectivity index (χ3n) is 4.51. The Morgan fingerprint density at radius 1 is 1.19 bits per heavy atom. The Morgan fingerprint density at radius 2 is 2.00 bits per heavy atom. The summed E-state index contributed by atoms with van der Waals surface area (Å²) >= 11 is 4.50. The van der Waals surface area contributed by atoms with Gasteiger partial charge in [-0.25, -0.2) is 0 Å². The lowest BCUT2D eigenvalue weighted by atomic mass is 9.92. The molecule has 4 rings (SSSR count). The van der Waals surface area contributed by atoms with Gasteiger partial charge in [-0.1, -0.05) is 18.2 Å². The Bertz CT molecular complexity index is 728. The molecule has 3 nitrogen and oxygen atoms in total. The second-order valence-electron chi connectivity index (χ2n) is 5.97. The molecule has 2 heterocycles. The Hall–Kier alpha value is -1.55. The summed E-state index contributed by atoms with van der Waals surface area (Å²) in [5.41, 5.74) is 4.58. The predicted octanol–water partition coefficient (Wildman–Crippen LogP) is 3.15. The van der Waals surface area contributed by atoms with Gasteiger partial charge in [0.15, 0.2) is 0 Å². The average molecular weight is 298 g/mol. The summed E-state index contributed by atoms with van der Waals surface area (Å²) in [6.07, 6.45) is 4.98. The number of carbonyl (C=O) groups excluding carboxylic acids is 1. The molecular formula is C17H18N2OS. The molecule has 4 heteroatoms. The van der Waals surface area contributed by atoms with Crippen molar-refractivity contribution in [1.29, 1.82) is 0 Å². The third-order valence-corrected chi connectivity index (χ3v) is 4.86. The zero-order chi connectivity index (χ0) is 14.4. The van der Waals surface area contributed by atoms with Crippen LogP contribution in [0, 0.1) is 0 Å². The number of benzene rings is 1. The number of aryl methyl sites for hydroxylation is 1. The minimum absolute atomic E-state index is 0.142. The summed E-state index contributed by atoms with van der Waals surface area (Å²) in [7, 11) is 0. The first-order valence-electron chi connectivity index (χ1n) is 7.63. The molecule has 1 aromatic carbocycles. The lowest BCUT2D eigenvalue weighted by molar-refractivity contribution is -0.117. The Morgan fingerprint density at radius 3 is 2.81 bits per heavy atom. The second kappa shape index (κ2) is 5.02. The summed E-state index contributed by atoms with van der Waals surface area (Å²) in [4.78, 5) is 19.2. The molecule has 1 fully saturated rings. The fourth-order valence-corrected chi connectivity index (χ4v) is 3.88. The zero-order valence-electron chi connectivity index (χ0n) is 11.9. The van der Waals surface area contributed by atoms with Crippen molar-refractivity contribution in [1.82, 2.24) is 4.98 Å². The maximum Gasteiger partial charge on any atom is 0.228 e. The van der Waals surface area contributed by atoms with E-state index in [1.807, 2.05) is 23.1 Å². The topological polar surface area (TPSA) is 33.2 Å². The fourth-order valence-electron chi connectivity index (χ4n) is 3.56. The summed E-state index contributed by atoms with van der Waals surface area (Å²) in [6.45, 7) is 0.711. The van der Waals surface area contributed by atoms with E-state index < -0.39 is 0 Å². The van der Waals surface area contributed by atoms with Gasteiger partial charge in [0.25, 0.3) is 0 Å². The first-order chi connectivity index (χ1) is 10.2. The van der Waals surface area contributed by atoms with E-state index in [4.69, 9.17) is 4.98 Å².